The highest BCUT2D eigenvalue weighted by atomic mass is 16.3. The molecule has 1 fully saturated rings. The standard InChI is InChI=1S/C29H34N8O3/c1-4-12-36-28(40)25-20-30-29(31-22-8-10-23(11-9-22)35-15-13-33(2)14-16-35)32-26(25)37(36)24-7-5-6-21(19-24)27(39)34(3)17-18-38/h4-11,19-20,38H,1,12-18H2,2-3H3,(H,30,31,32). The summed E-state index contributed by atoms with van der Waals surface area (Å²) in [6, 6.07) is 15.1. The molecule has 5 rings (SSSR count). The van der Waals surface area contributed by atoms with Gasteiger partial charge in [-0.3, -0.25) is 9.59 Å². The van der Waals surface area contributed by atoms with E-state index in [0.29, 0.717) is 28.2 Å². The predicted octanol–water partition coefficient (Wildman–Crippen LogP) is 2.33. The minimum Gasteiger partial charge on any atom is -0.395 e. The van der Waals surface area contributed by atoms with Gasteiger partial charge in [0.15, 0.2) is 5.65 Å². The van der Waals surface area contributed by atoms with Crippen LogP contribution in [-0.4, -0.2) is 93.6 Å². The molecular formula is C29H34N8O3. The van der Waals surface area contributed by atoms with E-state index in [1.165, 1.54) is 21.5 Å². The largest absolute Gasteiger partial charge is 0.395 e. The van der Waals surface area contributed by atoms with Crippen LogP contribution in [0.25, 0.3) is 16.7 Å². The molecule has 0 spiro atoms. The topological polar surface area (TPSA) is 112 Å². The van der Waals surface area contributed by atoms with Crippen LogP contribution in [0.5, 0.6) is 0 Å². The number of aliphatic hydroxyl groups excluding tert-OH is 1. The van der Waals surface area contributed by atoms with Crippen molar-refractivity contribution in [2.45, 2.75) is 6.54 Å². The first-order valence-electron chi connectivity index (χ1n) is 13.3. The zero-order valence-corrected chi connectivity index (χ0v) is 22.8. The molecule has 40 heavy (non-hydrogen) atoms. The Bertz CT molecular complexity index is 1570. The third kappa shape index (κ3) is 5.47. The minimum absolute atomic E-state index is 0.131. The Morgan fingerprint density at radius 1 is 1.12 bits per heavy atom. The fourth-order valence-corrected chi connectivity index (χ4v) is 4.83. The van der Waals surface area contributed by atoms with Crippen LogP contribution in [0.3, 0.4) is 0 Å². The number of benzene rings is 2. The zero-order chi connectivity index (χ0) is 28.2. The number of allylic oxidation sites excluding steroid dienone is 1. The lowest BCUT2D eigenvalue weighted by Crippen LogP contribution is -2.44. The van der Waals surface area contributed by atoms with Crippen molar-refractivity contribution in [3.8, 4) is 5.69 Å². The summed E-state index contributed by atoms with van der Waals surface area (Å²) in [5.41, 5.74) is 3.18. The molecule has 208 valence electrons. The van der Waals surface area contributed by atoms with Gasteiger partial charge in [0.05, 0.1) is 18.8 Å². The molecule has 1 aliphatic rings. The third-order valence-corrected chi connectivity index (χ3v) is 7.09. The number of aliphatic hydroxyl groups is 1. The Morgan fingerprint density at radius 2 is 1.88 bits per heavy atom. The Kier molecular flexibility index (Phi) is 7.94. The molecule has 3 heterocycles. The Balaban J connectivity index is 1.48. The molecule has 11 nitrogen and oxygen atoms in total. The van der Waals surface area contributed by atoms with Gasteiger partial charge in [0.2, 0.25) is 5.95 Å². The Hall–Kier alpha value is -4.48. The van der Waals surface area contributed by atoms with Crippen LogP contribution in [-0.2, 0) is 6.54 Å². The summed E-state index contributed by atoms with van der Waals surface area (Å²) < 4.78 is 3.20. The Labute approximate surface area is 232 Å². The molecule has 2 aromatic carbocycles. The second kappa shape index (κ2) is 11.7. The summed E-state index contributed by atoms with van der Waals surface area (Å²) in [5, 5.41) is 12.8. The summed E-state index contributed by atoms with van der Waals surface area (Å²) in [7, 11) is 3.77. The summed E-state index contributed by atoms with van der Waals surface area (Å²) in [6.45, 7) is 8.19. The van der Waals surface area contributed by atoms with Gasteiger partial charge in [0, 0.05) is 62.9 Å². The number of likely N-dealkylation sites (N-methyl/N-ethyl adjacent to an activating group) is 2. The molecule has 4 aromatic rings. The summed E-state index contributed by atoms with van der Waals surface area (Å²) in [5.74, 6) is 0.112. The highest BCUT2D eigenvalue weighted by Gasteiger charge is 2.19. The highest BCUT2D eigenvalue weighted by Crippen LogP contribution is 2.23. The zero-order valence-electron chi connectivity index (χ0n) is 22.8. The lowest BCUT2D eigenvalue weighted by Gasteiger charge is -2.34. The number of nitrogens with one attached hydrogen (secondary N) is 1. The van der Waals surface area contributed by atoms with Gasteiger partial charge in [-0.15, -0.1) is 6.58 Å². The number of hydrogen-bond donors (Lipinski definition) is 2. The number of carbonyl (C=O) groups is 1. The average molecular weight is 543 g/mol. The van der Waals surface area contributed by atoms with E-state index in [1.807, 2.05) is 18.2 Å². The number of fused-ring (bicyclic) bond motifs is 1. The van der Waals surface area contributed by atoms with E-state index in [2.05, 4.69) is 45.9 Å². The molecule has 0 aliphatic carbocycles. The number of amides is 1. The van der Waals surface area contributed by atoms with Gasteiger partial charge in [-0.1, -0.05) is 12.1 Å². The second-order valence-electron chi connectivity index (χ2n) is 9.88. The first-order valence-corrected chi connectivity index (χ1v) is 13.3. The van der Waals surface area contributed by atoms with Gasteiger partial charge in [0.1, 0.15) is 5.39 Å². The lowest BCUT2D eigenvalue weighted by molar-refractivity contribution is 0.0767. The number of aromatic nitrogens is 4. The first kappa shape index (κ1) is 27.1. The van der Waals surface area contributed by atoms with Gasteiger partial charge >= 0.3 is 0 Å². The van der Waals surface area contributed by atoms with Gasteiger partial charge in [-0.05, 0) is 49.5 Å². The maximum atomic E-state index is 13.3. The number of hydrogen-bond acceptors (Lipinski definition) is 8. The molecule has 1 saturated heterocycles. The van der Waals surface area contributed by atoms with Gasteiger partial charge in [-0.25, -0.2) is 14.3 Å². The first-order chi connectivity index (χ1) is 19.4. The third-order valence-electron chi connectivity index (χ3n) is 7.09. The maximum Gasteiger partial charge on any atom is 0.278 e. The number of rotatable bonds is 9. The molecule has 0 unspecified atom stereocenters. The van der Waals surface area contributed by atoms with E-state index in [1.54, 1.807) is 36.0 Å². The fraction of sp³-hybridized carbons (Fsp3) is 0.310. The van der Waals surface area contributed by atoms with Crippen LogP contribution in [0.15, 0.2) is 72.2 Å². The molecule has 0 atom stereocenters. The van der Waals surface area contributed by atoms with Crippen LogP contribution in [0.2, 0.25) is 0 Å². The Morgan fingerprint density at radius 3 is 2.58 bits per heavy atom. The summed E-state index contributed by atoms with van der Waals surface area (Å²) in [6.07, 6.45) is 3.15. The van der Waals surface area contributed by atoms with Crippen molar-refractivity contribution in [2.75, 3.05) is 63.6 Å². The van der Waals surface area contributed by atoms with Crippen molar-refractivity contribution in [3.05, 3.63) is 83.3 Å². The van der Waals surface area contributed by atoms with Crippen molar-refractivity contribution in [1.82, 2.24) is 29.1 Å². The highest BCUT2D eigenvalue weighted by molar-refractivity contribution is 5.94. The maximum absolute atomic E-state index is 13.3. The number of anilines is 3. The molecular weight excluding hydrogens is 508 g/mol. The van der Waals surface area contributed by atoms with Crippen molar-refractivity contribution in [1.29, 1.82) is 0 Å². The van der Waals surface area contributed by atoms with Crippen LogP contribution in [0, 0.1) is 0 Å². The SMILES string of the molecule is C=CCn1c(=O)c2cnc(Nc3ccc(N4CCN(C)CC4)cc3)nc2n1-c1cccc(C(=O)N(C)CCO)c1. The monoisotopic (exact) mass is 542 g/mol. The van der Waals surface area contributed by atoms with E-state index in [4.69, 9.17) is 4.98 Å². The van der Waals surface area contributed by atoms with Crippen molar-refractivity contribution in [2.24, 2.45) is 0 Å². The lowest BCUT2D eigenvalue weighted by atomic mass is 10.1. The van der Waals surface area contributed by atoms with Crippen LogP contribution in [0.4, 0.5) is 17.3 Å². The smallest absolute Gasteiger partial charge is 0.278 e. The van der Waals surface area contributed by atoms with E-state index < -0.39 is 0 Å². The molecule has 2 N–H and O–H groups in total. The average Bonchev–Trinajstić information content (AvgIpc) is 3.24. The van der Waals surface area contributed by atoms with E-state index in [-0.39, 0.29) is 31.2 Å². The summed E-state index contributed by atoms with van der Waals surface area (Å²) >= 11 is 0. The number of piperazine rings is 1. The minimum atomic E-state index is -0.257. The van der Waals surface area contributed by atoms with Crippen LogP contribution in [0.1, 0.15) is 10.4 Å². The summed E-state index contributed by atoms with van der Waals surface area (Å²) in [4.78, 5) is 41.4. The molecule has 0 bridgehead atoms. The normalized spacial score (nSPS) is 13.9. The fourth-order valence-electron chi connectivity index (χ4n) is 4.83. The molecule has 1 amide bonds. The molecule has 2 aromatic heterocycles. The molecule has 0 radical (unpaired) electrons. The van der Waals surface area contributed by atoms with Crippen LogP contribution >= 0.6 is 0 Å². The van der Waals surface area contributed by atoms with E-state index in [0.717, 1.165) is 31.9 Å². The molecule has 11 heteroatoms. The number of nitrogens with zero attached hydrogens (tertiary/aromatic N) is 7. The van der Waals surface area contributed by atoms with Crippen molar-refractivity contribution < 1.29 is 9.90 Å². The van der Waals surface area contributed by atoms with E-state index >= 15 is 0 Å². The second-order valence-corrected chi connectivity index (χ2v) is 9.88. The molecule has 1 aliphatic heterocycles. The molecule has 0 saturated carbocycles. The van der Waals surface area contributed by atoms with Crippen molar-refractivity contribution >= 4 is 34.3 Å². The van der Waals surface area contributed by atoms with Gasteiger partial charge < -0.3 is 25.1 Å². The van der Waals surface area contributed by atoms with Gasteiger partial charge in [0.25, 0.3) is 11.5 Å². The van der Waals surface area contributed by atoms with Crippen LogP contribution < -0.4 is 15.8 Å². The predicted molar refractivity (Wildman–Crippen MR) is 157 cm³/mol. The quantitative estimate of drug-likeness (QED) is 0.310. The number of carbonyl (C=O) groups excluding carboxylic acids is 1. The van der Waals surface area contributed by atoms with Gasteiger partial charge in [-0.2, -0.15) is 4.98 Å². The van der Waals surface area contributed by atoms with Crippen molar-refractivity contribution in [3.63, 3.8) is 0 Å². The van der Waals surface area contributed by atoms with E-state index in [9.17, 15) is 14.7 Å².